The lowest BCUT2D eigenvalue weighted by Gasteiger charge is -2.17. The molecule has 1 aliphatic carbocycles. The van der Waals surface area contributed by atoms with Gasteiger partial charge in [-0.3, -0.25) is 4.79 Å². The SMILES string of the molecule is C=C1C=C(C2=C(C)CC=CC(NC(=O)C3(c4ccc(CC)cc4)CC3)=N2)C=CN1. The third-order valence-electron chi connectivity index (χ3n) is 5.81. The predicted octanol–water partition coefficient (Wildman–Crippen LogP) is 4.59. The lowest BCUT2D eigenvalue weighted by atomic mass is 9.93. The predicted molar refractivity (Wildman–Crippen MR) is 118 cm³/mol. The Labute approximate surface area is 172 Å². The molecule has 1 fully saturated rings. The Morgan fingerprint density at radius 3 is 2.66 bits per heavy atom. The molecule has 0 aromatic heterocycles. The minimum absolute atomic E-state index is 0.0308. The smallest absolute Gasteiger partial charge is 0.236 e. The second-order valence-electron chi connectivity index (χ2n) is 7.92. The lowest BCUT2D eigenvalue weighted by molar-refractivity contribution is -0.122. The summed E-state index contributed by atoms with van der Waals surface area (Å²) in [5, 5.41) is 6.16. The summed E-state index contributed by atoms with van der Waals surface area (Å²) in [5.74, 6) is 0.625. The van der Waals surface area contributed by atoms with Crippen molar-refractivity contribution in [2.24, 2.45) is 4.99 Å². The van der Waals surface area contributed by atoms with Gasteiger partial charge in [-0.25, -0.2) is 4.99 Å². The van der Waals surface area contributed by atoms with Gasteiger partial charge in [-0.2, -0.15) is 0 Å². The van der Waals surface area contributed by atoms with Crippen molar-refractivity contribution in [3.05, 3.63) is 95.0 Å². The zero-order valence-corrected chi connectivity index (χ0v) is 17.1. The molecule has 1 saturated carbocycles. The van der Waals surface area contributed by atoms with Gasteiger partial charge in [0, 0.05) is 17.5 Å². The normalized spacial score (nSPS) is 19.9. The first kappa shape index (κ1) is 19.2. The first-order valence-electron chi connectivity index (χ1n) is 10.2. The lowest BCUT2D eigenvalue weighted by Crippen LogP contribution is -2.38. The molecule has 0 bridgehead atoms. The van der Waals surface area contributed by atoms with Gasteiger partial charge >= 0.3 is 0 Å². The monoisotopic (exact) mass is 385 g/mol. The fraction of sp³-hybridized carbons (Fsp3) is 0.280. The minimum atomic E-state index is -0.421. The van der Waals surface area contributed by atoms with E-state index in [0.717, 1.165) is 53.8 Å². The van der Waals surface area contributed by atoms with Crippen LogP contribution in [0.3, 0.4) is 0 Å². The molecule has 0 unspecified atom stereocenters. The Morgan fingerprint density at radius 2 is 2.00 bits per heavy atom. The van der Waals surface area contributed by atoms with Gasteiger partial charge in [0.15, 0.2) is 0 Å². The quantitative estimate of drug-likeness (QED) is 0.797. The zero-order chi connectivity index (χ0) is 20.4. The molecule has 1 aromatic carbocycles. The highest BCUT2D eigenvalue weighted by Crippen LogP contribution is 2.48. The highest BCUT2D eigenvalue weighted by atomic mass is 16.2. The highest BCUT2D eigenvalue weighted by Gasteiger charge is 2.51. The number of aryl methyl sites for hydroxylation is 1. The summed E-state index contributed by atoms with van der Waals surface area (Å²) < 4.78 is 0. The number of hydrogen-bond donors (Lipinski definition) is 2. The largest absolute Gasteiger partial charge is 0.362 e. The van der Waals surface area contributed by atoms with E-state index in [2.05, 4.69) is 61.4 Å². The number of amides is 1. The van der Waals surface area contributed by atoms with E-state index in [4.69, 9.17) is 4.99 Å². The van der Waals surface area contributed by atoms with E-state index in [1.807, 2.05) is 24.4 Å². The third kappa shape index (κ3) is 3.88. The van der Waals surface area contributed by atoms with Gasteiger partial charge in [0.1, 0.15) is 5.84 Å². The number of hydrogen-bond acceptors (Lipinski definition) is 3. The first-order valence-corrected chi connectivity index (χ1v) is 10.2. The number of carbonyl (C=O) groups is 1. The van der Waals surface area contributed by atoms with Crippen molar-refractivity contribution in [3.63, 3.8) is 0 Å². The van der Waals surface area contributed by atoms with Crippen molar-refractivity contribution in [3.8, 4) is 0 Å². The number of aliphatic imine (C=N–C) groups is 1. The maximum atomic E-state index is 13.2. The Balaban J connectivity index is 1.58. The van der Waals surface area contributed by atoms with E-state index in [9.17, 15) is 4.79 Å². The molecule has 2 N–H and O–H groups in total. The first-order chi connectivity index (χ1) is 14.0. The van der Waals surface area contributed by atoms with E-state index in [-0.39, 0.29) is 5.91 Å². The summed E-state index contributed by atoms with van der Waals surface area (Å²) in [6.07, 6.45) is 13.3. The fourth-order valence-electron chi connectivity index (χ4n) is 3.81. The van der Waals surface area contributed by atoms with Crippen molar-refractivity contribution in [2.45, 2.75) is 44.9 Å². The molecule has 0 saturated heterocycles. The molecule has 4 heteroatoms. The van der Waals surface area contributed by atoms with Crippen LogP contribution in [0.4, 0.5) is 0 Å². The fourth-order valence-corrected chi connectivity index (χ4v) is 3.81. The molecule has 0 spiro atoms. The molecule has 0 radical (unpaired) electrons. The molecular weight excluding hydrogens is 358 g/mol. The minimum Gasteiger partial charge on any atom is -0.362 e. The maximum Gasteiger partial charge on any atom is 0.236 e. The summed E-state index contributed by atoms with van der Waals surface area (Å²) in [7, 11) is 0. The summed E-state index contributed by atoms with van der Waals surface area (Å²) >= 11 is 0. The van der Waals surface area contributed by atoms with Gasteiger partial charge in [-0.15, -0.1) is 0 Å². The van der Waals surface area contributed by atoms with Crippen LogP contribution in [-0.4, -0.2) is 11.7 Å². The summed E-state index contributed by atoms with van der Waals surface area (Å²) in [6, 6.07) is 8.45. The number of allylic oxidation sites excluding steroid dienone is 4. The molecule has 29 heavy (non-hydrogen) atoms. The van der Waals surface area contributed by atoms with Crippen LogP contribution >= 0.6 is 0 Å². The molecule has 4 rings (SSSR count). The number of dihydropyridines is 1. The molecule has 148 valence electrons. The van der Waals surface area contributed by atoms with Crippen LogP contribution in [0.1, 0.15) is 44.2 Å². The van der Waals surface area contributed by atoms with Crippen LogP contribution in [0.5, 0.6) is 0 Å². The molecule has 4 nitrogen and oxygen atoms in total. The van der Waals surface area contributed by atoms with Crippen molar-refractivity contribution in [2.75, 3.05) is 0 Å². The van der Waals surface area contributed by atoms with Crippen LogP contribution in [0.25, 0.3) is 0 Å². The topological polar surface area (TPSA) is 53.5 Å². The second-order valence-corrected chi connectivity index (χ2v) is 7.92. The molecule has 2 heterocycles. The van der Waals surface area contributed by atoms with Gasteiger partial charge in [-0.1, -0.05) is 43.8 Å². The molecule has 1 amide bonds. The van der Waals surface area contributed by atoms with Gasteiger partial charge in [-0.05, 0) is 67.5 Å². The Hall–Kier alpha value is -3.14. The van der Waals surface area contributed by atoms with Crippen molar-refractivity contribution in [1.29, 1.82) is 0 Å². The van der Waals surface area contributed by atoms with Crippen LogP contribution in [0, 0.1) is 0 Å². The Morgan fingerprint density at radius 1 is 1.24 bits per heavy atom. The van der Waals surface area contributed by atoms with Gasteiger partial charge < -0.3 is 10.6 Å². The molecule has 1 aromatic rings. The summed E-state index contributed by atoms with van der Waals surface area (Å²) in [5.41, 5.74) is 5.84. The number of rotatable bonds is 4. The van der Waals surface area contributed by atoms with E-state index in [1.165, 1.54) is 5.56 Å². The number of nitrogens with zero attached hydrogens (tertiary/aromatic N) is 1. The van der Waals surface area contributed by atoms with Gasteiger partial charge in [0.2, 0.25) is 5.91 Å². The van der Waals surface area contributed by atoms with E-state index in [1.54, 1.807) is 0 Å². The van der Waals surface area contributed by atoms with Crippen LogP contribution < -0.4 is 10.6 Å². The highest BCUT2D eigenvalue weighted by molar-refractivity contribution is 6.09. The Kier molecular flexibility index (Phi) is 5.10. The number of amidine groups is 1. The molecule has 2 aliphatic heterocycles. The van der Waals surface area contributed by atoms with Gasteiger partial charge in [0.05, 0.1) is 11.1 Å². The van der Waals surface area contributed by atoms with E-state index >= 15 is 0 Å². The second kappa shape index (κ2) is 7.70. The number of carbonyl (C=O) groups excluding carboxylic acids is 1. The van der Waals surface area contributed by atoms with E-state index in [0.29, 0.717) is 5.84 Å². The standard InChI is InChI=1S/C25H27N3O/c1-4-19-8-10-21(11-9-19)25(13-14-25)24(29)28-22-7-5-6-17(2)23(27-22)20-12-15-26-18(3)16-20/h5,7-12,15-16,26H,3-4,6,13-14H2,1-2H3,(H,27,28,29). The average molecular weight is 386 g/mol. The van der Waals surface area contributed by atoms with Crippen molar-refractivity contribution >= 4 is 11.7 Å². The third-order valence-corrected chi connectivity index (χ3v) is 5.81. The van der Waals surface area contributed by atoms with Crippen molar-refractivity contribution < 1.29 is 4.79 Å². The van der Waals surface area contributed by atoms with Crippen LogP contribution in [0.2, 0.25) is 0 Å². The van der Waals surface area contributed by atoms with Crippen molar-refractivity contribution in [1.82, 2.24) is 10.6 Å². The maximum absolute atomic E-state index is 13.2. The van der Waals surface area contributed by atoms with Crippen LogP contribution in [-0.2, 0) is 16.6 Å². The molecule has 0 atom stereocenters. The molecule has 3 aliphatic rings. The summed E-state index contributed by atoms with van der Waals surface area (Å²) in [4.78, 5) is 18.0. The van der Waals surface area contributed by atoms with Gasteiger partial charge in [0.25, 0.3) is 0 Å². The zero-order valence-electron chi connectivity index (χ0n) is 17.1. The Bertz CT molecular complexity index is 999. The average Bonchev–Trinajstić information content (AvgIpc) is 3.54. The number of nitrogens with one attached hydrogen (secondary N) is 2. The van der Waals surface area contributed by atoms with Crippen LogP contribution in [0.15, 0.2) is 88.9 Å². The molecular formula is C25H27N3O. The number of benzene rings is 1. The summed E-state index contributed by atoms with van der Waals surface area (Å²) in [6.45, 7) is 8.18. The van der Waals surface area contributed by atoms with E-state index < -0.39 is 5.41 Å².